The molecule has 4 aliphatic rings. The van der Waals surface area contributed by atoms with Crippen molar-refractivity contribution in [3.8, 4) is 21.8 Å². The van der Waals surface area contributed by atoms with Crippen molar-refractivity contribution in [2.24, 2.45) is 17.8 Å². The van der Waals surface area contributed by atoms with Crippen molar-refractivity contribution in [2.75, 3.05) is 0 Å². The summed E-state index contributed by atoms with van der Waals surface area (Å²) in [5.41, 5.74) is 3.31. The average molecular weight is 456 g/mol. The summed E-state index contributed by atoms with van der Waals surface area (Å²) in [5.74, 6) is 2.28. The number of aromatic nitrogens is 2. The molecule has 3 heterocycles. The Labute approximate surface area is 196 Å². The summed E-state index contributed by atoms with van der Waals surface area (Å²) in [6, 6.07) is 15.8. The molecule has 8 rings (SSSR count). The molecule has 5 nitrogen and oxygen atoms in total. The number of thiophene rings is 1. The predicted octanol–water partition coefficient (Wildman–Crippen LogP) is 6.32. The number of carbonyl (C=O) groups excluding carboxylic acids is 1. The molecule has 6 heteroatoms. The van der Waals surface area contributed by atoms with Crippen molar-refractivity contribution in [3.05, 3.63) is 59.5 Å². The summed E-state index contributed by atoms with van der Waals surface area (Å²) in [7, 11) is 0. The number of hydrogen-bond acceptors (Lipinski definition) is 5. The zero-order chi connectivity index (χ0) is 22.0. The van der Waals surface area contributed by atoms with E-state index in [1.165, 1.54) is 19.3 Å². The van der Waals surface area contributed by atoms with E-state index in [2.05, 4.69) is 10.5 Å². The van der Waals surface area contributed by atoms with Crippen molar-refractivity contribution in [1.82, 2.24) is 15.5 Å². The molecule has 0 radical (unpaired) electrons. The summed E-state index contributed by atoms with van der Waals surface area (Å²) in [6.07, 6.45) is 7.40. The highest BCUT2D eigenvalue weighted by Gasteiger charge is 2.51. The van der Waals surface area contributed by atoms with Gasteiger partial charge < -0.3 is 9.84 Å². The van der Waals surface area contributed by atoms with Gasteiger partial charge in [-0.25, -0.2) is 4.98 Å². The molecule has 33 heavy (non-hydrogen) atoms. The Balaban J connectivity index is 1.34. The number of carbonyl (C=O) groups is 1. The topological polar surface area (TPSA) is 68.0 Å². The minimum absolute atomic E-state index is 0.0254. The van der Waals surface area contributed by atoms with Gasteiger partial charge in [-0.05, 0) is 73.8 Å². The zero-order valence-electron chi connectivity index (χ0n) is 18.3. The van der Waals surface area contributed by atoms with Crippen LogP contribution >= 0.6 is 11.3 Å². The van der Waals surface area contributed by atoms with Crippen LogP contribution < -0.4 is 5.32 Å². The second-order valence-electron chi connectivity index (χ2n) is 10.3. The molecule has 0 spiro atoms. The molecule has 4 saturated carbocycles. The highest BCUT2D eigenvalue weighted by molar-refractivity contribution is 7.13. The third-order valence-electron chi connectivity index (χ3n) is 7.93. The first kappa shape index (κ1) is 19.5. The summed E-state index contributed by atoms with van der Waals surface area (Å²) in [4.78, 5) is 19.7. The molecule has 1 aromatic carbocycles. The van der Waals surface area contributed by atoms with Gasteiger partial charge in [-0.2, -0.15) is 0 Å². The Kier molecular flexibility index (Phi) is 4.28. The van der Waals surface area contributed by atoms with E-state index in [9.17, 15) is 4.79 Å². The minimum atomic E-state index is -0.0609. The van der Waals surface area contributed by atoms with E-state index in [4.69, 9.17) is 9.51 Å². The van der Waals surface area contributed by atoms with Gasteiger partial charge in [0.15, 0.2) is 0 Å². The predicted molar refractivity (Wildman–Crippen MR) is 129 cm³/mol. The second-order valence-corrected chi connectivity index (χ2v) is 11.2. The van der Waals surface area contributed by atoms with Crippen molar-refractivity contribution >= 4 is 28.3 Å². The largest absolute Gasteiger partial charge is 0.347 e. The Morgan fingerprint density at radius 3 is 2.39 bits per heavy atom. The first-order valence-corrected chi connectivity index (χ1v) is 12.8. The number of benzene rings is 1. The van der Waals surface area contributed by atoms with Gasteiger partial charge in [0.05, 0.1) is 21.5 Å². The molecule has 0 aliphatic heterocycles. The fourth-order valence-electron chi connectivity index (χ4n) is 7.05. The molecule has 4 aromatic rings. The van der Waals surface area contributed by atoms with Crippen LogP contribution in [0.5, 0.6) is 0 Å². The number of fused-ring (bicyclic) bond motifs is 1. The standard InChI is InChI=1S/C27H25N3O2S/c31-25(29-27-13-16-9-17(14-27)11-18(10-16)15-27)20-12-21(22-7-4-8-33-22)28-26-23(20)24(30-32-26)19-5-2-1-3-6-19/h1-8,12,16-18H,9-11,13-15H2,(H,29,31). The first-order valence-electron chi connectivity index (χ1n) is 11.9. The molecule has 0 unspecified atom stereocenters. The highest BCUT2D eigenvalue weighted by atomic mass is 32.1. The number of hydrogen-bond donors (Lipinski definition) is 1. The van der Waals surface area contributed by atoms with Crippen LogP contribution in [-0.2, 0) is 0 Å². The molecule has 4 aliphatic carbocycles. The van der Waals surface area contributed by atoms with Gasteiger partial charge in [0.25, 0.3) is 11.6 Å². The average Bonchev–Trinajstić information content (AvgIpc) is 3.48. The number of pyridine rings is 1. The SMILES string of the molecule is O=C(NC12CC3CC(CC(C3)C1)C2)c1cc(-c2cccs2)nc2onc(-c3ccccc3)c12. The van der Waals surface area contributed by atoms with E-state index < -0.39 is 0 Å². The molecular weight excluding hydrogens is 430 g/mol. The molecule has 0 atom stereocenters. The molecular formula is C27H25N3O2S. The second kappa shape index (κ2) is 7.26. The van der Waals surface area contributed by atoms with Crippen molar-refractivity contribution in [1.29, 1.82) is 0 Å². The zero-order valence-corrected chi connectivity index (χ0v) is 19.1. The molecule has 4 fully saturated rings. The minimum Gasteiger partial charge on any atom is -0.347 e. The summed E-state index contributed by atoms with van der Waals surface area (Å²) < 4.78 is 5.69. The third-order valence-corrected chi connectivity index (χ3v) is 8.82. The maximum atomic E-state index is 13.9. The van der Waals surface area contributed by atoms with E-state index in [-0.39, 0.29) is 11.4 Å². The number of nitrogens with one attached hydrogen (secondary N) is 1. The van der Waals surface area contributed by atoms with Gasteiger partial charge in [0.1, 0.15) is 5.69 Å². The summed E-state index contributed by atoms with van der Waals surface area (Å²) in [6.45, 7) is 0. The Bertz CT molecular complexity index is 1310. The lowest BCUT2D eigenvalue weighted by molar-refractivity contribution is -0.0166. The van der Waals surface area contributed by atoms with Gasteiger partial charge >= 0.3 is 0 Å². The Hall–Kier alpha value is -2.99. The van der Waals surface area contributed by atoms with Crippen LogP contribution in [-0.4, -0.2) is 21.6 Å². The van der Waals surface area contributed by atoms with Crippen LogP contribution in [0, 0.1) is 17.8 Å². The van der Waals surface area contributed by atoms with Crippen molar-refractivity contribution in [2.45, 2.75) is 44.1 Å². The fraction of sp³-hybridized carbons (Fsp3) is 0.370. The monoisotopic (exact) mass is 455 g/mol. The van der Waals surface area contributed by atoms with Crippen LogP contribution in [0.2, 0.25) is 0 Å². The lowest BCUT2D eigenvalue weighted by atomic mass is 9.53. The van der Waals surface area contributed by atoms with Gasteiger partial charge in [-0.15, -0.1) is 11.3 Å². The number of rotatable bonds is 4. The molecule has 1 N–H and O–H groups in total. The van der Waals surface area contributed by atoms with E-state index in [1.807, 2.05) is 53.9 Å². The lowest BCUT2D eigenvalue weighted by Gasteiger charge is -2.56. The van der Waals surface area contributed by atoms with Crippen LogP contribution in [0.15, 0.2) is 58.4 Å². The molecule has 1 amide bonds. The Morgan fingerprint density at radius 1 is 1.00 bits per heavy atom. The highest BCUT2D eigenvalue weighted by Crippen LogP contribution is 2.55. The quantitative estimate of drug-likeness (QED) is 0.391. The smallest absolute Gasteiger partial charge is 0.259 e. The normalized spacial score (nSPS) is 27.8. The van der Waals surface area contributed by atoms with Gasteiger partial charge in [0, 0.05) is 11.1 Å². The van der Waals surface area contributed by atoms with Gasteiger partial charge in [0.2, 0.25) is 0 Å². The van der Waals surface area contributed by atoms with E-state index >= 15 is 0 Å². The lowest BCUT2D eigenvalue weighted by Crippen LogP contribution is -2.59. The Morgan fingerprint density at radius 2 is 1.73 bits per heavy atom. The van der Waals surface area contributed by atoms with Gasteiger partial charge in [-0.1, -0.05) is 41.6 Å². The van der Waals surface area contributed by atoms with Crippen LogP contribution in [0.3, 0.4) is 0 Å². The summed E-state index contributed by atoms with van der Waals surface area (Å²) >= 11 is 1.61. The van der Waals surface area contributed by atoms with Crippen molar-refractivity contribution < 1.29 is 9.32 Å². The fourth-order valence-corrected chi connectivity index (χ4v) is 7.73. The molecule has 0 saturated heterocycles. The maximum Gasteiger partial charge on any atom is 0.259 e. The first-order chi connectivity index (χ1) is 16.2. The van der Waals surface area contributed by atoms with Crippen molar-refractivity contribution in [3.63, 3.8) is 0 Å². The van der Waals surface area contributed by atoms with Crippen LogP contribution in [0.4, 0.5) is 0 Å². The third kappa shape index (κ3) is 3.22. The molecule has 166 valence electrons. The number of amides is 1. The van der Waals surface area contributed by atoms with E-state index in [0.717, 1.165) is 53.2 Å². The molecule has 4 bridgehead atoms. The van der Waals surface area contributed by atoms with E-state index in [0.29, 0.717) is 22.4 Å². The maximum absolute atomic E-state index is 13.9. The number of nitrogens with zero attached hydrogens (tertiary/aromatic N) is 2. The van der Waals surface area contributed by atoms with Crippen LogP contribution in [0.1, 0.15) is 48.9 Å². The van der Waals surface area contributed by atoms with Gasteiger partial charge in [-0.3, -0.25) is 4.79 Å². The summed E-state index contributed by atoms with van der Waals surface area (Å²) in [5, 5.41) is 10.6. The molecule has 3 aromatic heterocycles. The van der Waals surface area contributed by atoms with E-state index in [1.54, 1.807) is 11.3 Å². The van der Waals surface area contributed by atoms with Crippen LogP contribution in [0.25, 0.3) is 32.9 Å².